The van der Waals surface area contributed by atoms with Crippen molar-refractivity contribution in [2.45, 2.75) is 38.3 Å². The van der Waals surface area contributed by atoms with E-state index in [4.69, 9.17) is 0 Å². The van der Waals surface area contributed by atoms with Crippen LogP contribution in [0, 0.1) is 0 Å². The van der Waals surface area contributed by atoms with Crippen molar-refractivity contribution in [2.75, 3.05) is 13.1 Å². The number of nitrogens with zero attached hydrogens (tertiary/aromatic N) is 4. The third kappa shape index (κ3) is 4.80. The standard InChI is InChI=1S/C21H25N5O4S/c1-4-25(5-2)31(29,30)17-12-10-16(11-13-17)15(3)22-20(27)14-26-21(28)18-8-6-7-9-19(18)23-24-26/h6-13,15H,4-5,14H2,1-3H3,(H,22,27). The van der Waals surface area contributed by atoms with Crippen LogP contribution in [0.4, 0.5) is 0 Å². The Morgan fingerprint density at radius 2 is 1.74 bits per heavy atom. The summed E-state index contributed by atoms with van der Waals surface area (Å²) in [7, 11) is -3.54. The van der Waals surface area contributed by atoms with Crippen LogP contribution in [-0.2, 0) is 21.4 Å². The predicted molar refractivity (Wildman–Crippen MR) is 117 cm³/mol. The summed E-state index contributed by atoms with van der Waals surface area (Å²) in [6.07, 6.45) is 0. The minimum Gasteiger partial charge on any atom is -0.348 e. The molecule has 0 fully saturated rings. The molecule has 1 amide bonds. The first kappa shape index (κ1) is 22.6. The van der Waals surface area contributed by atoms with Crippen molar-refractivity contribution in [3.8, 4) is 0 Å². The van der Waals surface area contributed by atoms with Crippen molar-refractivity contribution in [1.82, 2.24) is 24.6 Å². The molecule has 10 heteroatoms. The van der Waals surface area contributed by atoms with Crippen LogP contribution < -0.4 is 10.9 Å². The average Bonchev–Trinajstić information content (AvgIpc) is 2.76. The zero-order valence-corrected chi connectivity index (χ0v) is 18.5. The quantitative estimate of drug-likeness (QED) is 0.567. The minimum absolute atomic E-state index is 0.205. The first-order valence-corrected chi connectivity index (χ1v) is 11.4. The maximum Gasteiger partial charge on any atom is 0.278 e. The molecule has 0 aliphatic heterocycles. The van der Waals surface area contributed by atoms with Crippen molar-refractivity contribution >= 4 is 26.8 Å². The molecule has 3 aromatic rings. The highest BCUT2D eigenvalue weighted by Crippen LogP contribution is 2.19. The Morgan fingerprint density at radius 3 is 2.39 bits per heavy atom. The first-order chi connectivity index (χ1) is 14.8. The first-order valence-electron chi connectivity index (χ1n) is 10.00. The summed E-state index contributed by atoms with van der Waals surface area (Å²) in [5.41, 5.74) is 0.820. The summed E-state index contributed by atoms with van der Waals surface area (Å²) in [5.74, 6) is -0.404. The number of rotatable bonds is 8. The fraction of sp³-hybridized carbons (Fsp3) is 0.333. The molecule has 164 valence electrons. The molecule has 31 heavy (non-hydrogen) atoms. The number of sulfonamides is 1. The molecule has 0 aliphatic carbocycles. The summed E-state index contributed by atoms with van der Waals surface area (Å²) in [6.45, 7) is 5.88. The van der Waals surface area contributed by atoms with Gasteiger partial charge in [-0.15, -0.1) is 5.10 Å². The second-order valence-electron chi connectivity index (χ2n) is 7.02. The van der Waals surface area contributed by atoms with Gasteiger partial charge in [0, 0.05) is 13.1 Å². The van der Waals surface area contributed by atoms with Gasteiger partial charge >= 0.3 is 0 Å². The number of carbonyl (C=O) groups excluding carboxylic acids is 1. The van der Waals surface area contributed by atoms with Crippen LogP contribution in [-0.4, -0.2) is 46.7 Å². The third-order valence-electron chi connectivity index (χ3n) is 5.02. The Balaban J connectivity index is 1.70. The van der Waals surface area contributed by atoms with E-state index in [1.807, 2.05) is 0 Å². The van der Waals surface area contributed by atoms with E-state index >= 15 is 0 Å². The van der Waals surface area contributed by atoms with E-state index in [-0.39, 0.29) is 23.0 Å². The zero-order chi connectivity index (χ0) is 22.6. The van der Waals surface area contributed by atoms with Crippen LogP contribution in [0.5, 0.6) is 0 Å². The van der Waals surface area contributed by atoms with Crippen LogP contribution in [0.1, 0.15) is 32.4 Å². The maximum atomic E-state index is 12.6. The molecule has 0 aliphatic rings. The van der Waals surface area contributed by atoms with Crippen LogP contribution in [0.15, 0.2) is 58.2 Å². The number of hydrogen-bond acceptors (Lipinski definition) is 6. The van der Waals surface area contributed by atoms with Gasteiger partial charge in [0.15, 0.2) is 0 Å². The predicted octanol–water partition coefficient (Wildman–Crippen LogP) is 1.70. The van der Waals surface area contributed by atoms with Gasteiger partial charge in [0.2, 0.25) is 15.9 Å². The highest BCUT2D eigenvalue weighted by molar-refractivity contribution is 7.89. The molecule has 0 saturated heterocycles. The number of nitrogens with one attached hydrogen (secondary N) is 1. The monoisotopic (exact) mass is 443 g/mol. The van der Waals surface area contributed by atoms with Crippen molar-refractivity contribution in [2.24, 2.45) is 0 Å². The molecule has 1 heterocycles. The smallest absolute Gasteiger partial charge is 0.278 e. The lowest BCUT2D eigenvalue weighted by molar-refractivity contribution is -0.122. The highest BCUT2D eigenvalue weighted by Gasteiger charge is 2.22. The van der Waals surface area contributed by atoms with Crippen molar-refractivity contribution in [1.29, 1.82) is 0 Å². The van der Waals surface area contributed by atoms with Crippen LogP contribution in [0.3, 0.4) is 0 Å². The molecule has 9 nitrogen and oxygen atoms in total. The van der Waals surface area contributed by atoms with Gasteiger partial charge in [-0.2, -0.15) is 4.31 Å². The van der Waals surface area contributed by atoms with Gasteiger partial charge in [-0.05, 0) is 36.8 Å². The fourth-order valence-electron chi connectivity index (χ4n) is 3.27. The number of amides is 1. The van der Waals surface area contributed by atoms with Crippen LogP contribution in [0.25, 0.3) is 10.9 Å². The molecule has 1 atom stereocenters. The third-order valence-corrected chi connectivity index (χ3v) is 7.09. The molecule has 0 bridgehead atoms. The summed E-state index contributed by atoms with van der Waals surface area (Å²) in [5, 5.41) is 11.0. The van der Waals surface area contributed by atoms with E-state index in [9.17, 15) is 18.0 Å². The Morgan fingerprint density at radius 1 is 1.10 bits per heavy atom. The summed E-state index contributed by atoms with van der Waals surface area (Å²) in [6, 6.07) is 12.8. The Hall–Kier alpha value is -3.11. The Labute approximate surface area is 180 Å². The molecule has 2 aromatic carbocycles. The molecular weight excluding hydrogens is 418 g/mol. The van der Waals surface area contributed by atoms with Crippen molar-refractivity contribution in [3.05, 3.63) is 64.4 Å². The fourth-order valence-corrected chi connectivity index (χ4v) is 4.73. The van der Waals surface area contributed by atoms with E-state index in [1.165, 1.54) is 16.4 Å². The Bertz CT molecular complexity index is 1230. The van der Waals surface area contributed by atoms with Gasteiger partial charge < -0.3 is 5.32 Å². The highest BCUT2D eigenvalue weighted by atomic mass is 32.2. The second-order valence-corrected chi connectivity index (χ2v) is 8.95. The topological polar surface area (TPSA) is 114 Å². The van der Waals surface area contributed by atoms with Crippen molar-refractivity contribution in [3.63, 3.8) is 0 Å². The van der Waals surface area contributed by atoms with Gasteiger partial charge in [0.25, 0.3) is 5.56 Å². The van der Waals surface area contributed by atoms with E-state index in [0.717, 1.165) is 10.2 Å². The molecular formula is C21H25N5O4S. The van der Waals surface area contributed by atoms with Crippen LogP contribution in [0.2, 0.25) is 0 Å². The zero-order valence-electron chi connectivity index (χ0n) is 17.6. The summed E-state index contributed by atoms with van der Waals surface area (Å²) < 4.78 is 27.6. The van der Waals surface area contributed by atoms with Gasteiger partial charge in [-0.25, -0.2) is 13.1 Å². The lowest BCUT2D eigenvalue weighted by Crippen LogP contribution is -2.35. The molecule has 1 aromatic heterocycles. The molecule has 3 rings (SSSR count). The van der Waals surface area contributed by atoms with Gasteiger partial charge in [-0.3, -0.25) is 9.59 Å². The number of hydrogen-bond donors (Lipinski definition) is 1. The van der Waals surface area contributed by atoms with E-state index < -0.39 is 15.9 Å². The second kappa shape index (κ2) is 9.36. The number of carbonyl (C=O) groups is 1. The summed E-state index contributed by atoms with van der Waals surface area (Å²) in [4.78, 5) is 25.1. The molecule has 0 spiro atoms. The maximum absolute atomic E-state index is 12.6. The van der Waals surface area contributed by atoms with Gasteiger partial charge in [-0.1, -0.05) is 43.3 Å². The largest absolute Gasteiger partial charge is 0.348 e. The lowest BCUT2D eigenvalue weighted by atomic mass is 10.1. The number of aromatic nitrogens is 3. The molecule has 0 saturated carbocycles. The van der Waals surface area contributed by atoms with E-state index in [0.29, 0.717) is 24.0 Å². The van der Waals surface area contributed by atoms with E-state index in [2.05, 4.69) is 15.6 Å². The summed E-state index contributed by atoms with van der Waals surface area (Å²) >= 11 is 0. The average molecular weight is 444 g/mol. The van der Waals surface area contributed by atoms with Gasteiger partial charge in [0.1, 0.15) is 12.1 Å². The SMILES string of the molecule is CCN(CC)S(=O)(=O)c1ccc(C(C)NC(=O)Cn2nnc3ccccc3c2=O)cc1. The Kier molecular flexibility index (Phi) is 6.81. The minimum atomic E-state index is -3.54. The number of fused-ring (bicyclic) bond motifs is 1. The van der Waals surface area contributed by atoms with Crippen LogP contribution >= 0.6 is 0 Å². The number of benzene rings is 2. The lowest BCUT2D eigenvalue weighted by Gasteiger charge is -2.19. The van der Waals surface area contributed by atoms with E-state index in [1.54, 1.807) is 57.2 Å². The molecule has 0 radical (unpaired) electrons. The normalized spacial score (nSPS) is 12.8. The van der Waals surface area contributed by atoms with Crippen molar-refractivity contribution < 1.29 is 13.2 Å². The van der Waals surface area contributed by atoms with Gasteiger partial charge in [0.05, 0.1) is 16.3 Å². The molecule has 1 N–H and O–H groups in total. The molecule has 1 unspecified atom stereocenters.